The van der Waals surface area contributed by atoms with Crippen molar-refractivity contribution in [1.82, 2.24) is 9.71 Å². The third-order valence-electron chi connectivity index (χ3n) is 3.58. The van der Waals surface area contributed by atoms with Gasteiger partial charge in [0.15, 0.2) is 0 Å². The minimum atomic E-state index is -1.20. The van der Waals surface area contributed by atoms with Gasteiger partial charge >= 0.3 is 0 Å². The molecule has 2 atom stereocenters. The lowest BCUT2D eigenvalue weighted by Crippen LogP contribution is -2.40. The number of nitrogens with one attached hydrogen (secondary N) is 1. The van der Waals surface area contributed by atoms with Crippen molar-refractivity contribution in [3.8, 4) is 11.6 Å². The van der Waals surface area contributed by atoms with Gasteiger partial charge in [0.05, 0.1) is 30.8 Å². The van der Waals surface area contributed by atoms with Crippen LogP contribution in [0.5, 0.6) is 11.6 Å². The van der Waals surface area contributed by atoms with E-state index in [1.807, 2.05) is 33.8 Å². The average molecular weight is 371 g/mol. The van der Waals surface area contributed by atoms with Gasteiger partial charge in [0.1, 0.15) is 10.5 Å². The number of rotatable bonds is 5. The number of halogens is 1. The molecule has 7 heteroatoms. The highest BCUT2D eigenvalue weighted by molar-refractivity contribution is 7.90. The Labute approximate surface area is 151 Å². The van der Waals surface area contributed by atoms with E-state index in [0.717, 1.165) is 16.5 Å². The number of hydrogen-bond acceptors (Lipinski definition) is 5. The zero-order valence-electron chi connectivity index (χ0n) is 14.8. The van der Waals surface area contributed by atoms with Gasteiger partial charge in [-0.2, -0.15) is 0 Å². The minimum Gasteiger partial charge on any atom is -0.598 e. The van der Waals surface area contributed by atoms with Crippen LogP contribution in [0.3, 0.4) is 0 Å². The lowest BCUT2D eigenvalue weighted by molar-refractivity contribution is 0.389. The molecule has 2 rings (SSSR count). The fourth-order valence-corrected chi connectivity index (χ4v) is 3.26. The molecule has 1 aromatic heterocycles. The molecule has 0 aliphatic carbocycles. The highest BCUT2D eigenvalue weighted by Gasteiger charge is 2.29. The molecule has 0 aliphatic heterocycles. The Morgan fingerprint density at radius 1 is 1.21 bits per heavy atom. The smallest absolute Gasteiger partial charge is 0.218 e. The molecule has 0 unspecified atom stereocenters. The molecule has 24 heavy (non-hydrogen) atoms. The topological polar surface area (TPSA) is 66.4 Å². The standard InChI is InChI=1S/C17H23ClN2O3S/c1-10(20-24(21)17(2,3)4)12-7-11-8-13(18)15(22-5)9-14(11)19-16(12)23-6/h7-10,20H,1-6H3/t10-,24-/m0/s1. The van der Waals surface area contributed by atoms with Gasteiger partial charge in [-0.1, -0.05) is 11.6 Å². The highest BCUT2D eigenvalue weighted by Crippen LogP contribution is 2.34. The van der Waals surface area contributed by atoms with Crippen LogP contribution in [0, 0.1) is 0 Å². The lowest BCUT2D eigenvalue weighted by atomic mass is 10.1. The van der Waals surface area contributed by atoms with Gasteiger partial charge in [0, 0.05) is 28.4 Å². The molecule has 1 aromatic carbocycles. The van der Waals surface area contributed by atoms with Crippen LogP contribution in [0.4, 0.5) is 0 Å². The van der Waals surface area contributed by atoms with Crippen molar-refractivity contribution in [1.29, 1.82) is 0 Å². The first-order valence-corrected chi connectivity index (χ1v) is 9.10. The Morgan fingerprint density at radius 2 is 1.88 bits per heavy atom. The quantitative estimate of drug-likeness (QED) is 0.805. The van der Waals surface area contributed by atoms with E-state index in [1.165, 1.54) is 0 Å². The van der Waals surface area contributed by atoms with Gasteiger partial charge in [-0.3, -0.25) is 0 Å². The van der Waals surface area contributed by atoms with Crippen LogP contribution >= 0.6 is 11.6 Å². The van der Waals surface area contributed by atoms with Crippen LogP contribution in [0.15, 0.2) is 18.2 Å². The molecular formula is C17H23ClN2O3S. The molecule has 132 valence electrons. The number of hydrogen-bond donors (Lipinski definition) is 1. The molecule has 0 amide bonds. The van der Waals surface area contributed by atoms with Gasteiger partial charge in [-0.25, -0.2) is 4.98 Å². The summed E-state index contributed by atoms with van der Waals surface area (Å²) >= 11 is 5.00. The highest BCUT2D eigenvalue weighted by atomic mass is 35.5. The number of aromatic nitrogens is 1. The van der Waals surface area contributed by atoms with Crippen molar-refractivity contribution >= 4 is 33.9 Å². The second kappa shape index (κ2) is 7.35. The predicted octanol–water partition coefficient (Wildman–Crippen LogP) is 4.02. The first-order chi connectivity index (χ1) is 11.2. The van der Waals surface area contributed by atoms with Crippen molar-refractivity contribution in [2.24, 2.45) is 0 Å². The van der Waals surface area contributed by atoms with Gasteiger partial charge < -0.3 is 14.0 Å². The van der Waals surface area contributed by atoms with Crippen molar-refractivity contribution < 1.29 is 14.0 Å². The summed E-state index contributed by atoms with van der Waals surface area (Å²) in [5.41, 5.74) is 1.55. The first-order valence-electron chi connectivity index (χ1n) is 7.57. The zero-order chi connectivity index (χ0) is 18.1. The minimum absolute atomic E-state index is 0.196. The number of pyridine rings is 1. The van der Waals surface area contributed by atoms with Crippen LogP contribution in [0.25, 0.3) is 10.9 Å². The van der Waals surface area contributed by atoms with E-state index in [1.54, 1.807) is 26.4 Å². The van der Waals surface area contributed by atoms with Crippen LogP contribution in [0.2, 0.25) is 5.02 Å². The van der Waals surface area contributed by atoms with Gasteiger partial charge in [0.25, 0.3) is 0 Å². The summed E-state index contributed by atoms with van der Waals surface area (Å²) in [5, 5.41) is 1.38. The molecule has 0 aliphatic rings. The Hall–Kier alpha value is -1.21. The second-order valence-corrected chi connectivity index (χ2v) is 8.89. The van der Waals surface area contributed by atoms with Crippen molar-refractivity contribution in [2.75, 3.05) is 14.2 Å². The monoisotopic (exact) mass is 370 g/mol. The summed E-state index contributed by atoms with van der Waals surface area (Å²) in [6.45, 7) is 7.69. The molecule has 1 heterocycles. The van der Waals surface area contributed by atoms with Crippen molar-refractivity contribution in [3.63, 3.8) is 0 Å². The van der Waals surface area contributed by atoms with E-state index in [9.17, 15) is 4.55 Å². The number of fused-ring (bicyclic) bond motifs is 1. The fraction of sp³-hybridized carbons (Fsp3) is 0.471. The Bertz CT molecular complexity index is 734. The number of ether oxygens (including phenoxy) is 2. The largest absolute Gasteiger partial charge is 0.598 e. The maximum atomic E-state index is 12.4. The molecular weight excluding hydrogens is 348 g/mol. The molecule has 2 aromatic rings. The summed E-state index contributed by atoms with van der Waals surface area (Å²) in [5.74, 6) is 1.05. The summed E-state index contributed by atoms with van der Waals surface area (Å²) in [4.78, 5) is 4.53. The number of nitrogens with zero attached hydrogens (tertiary/aromatic N) is 1. The summed E-state index contributed by atoms with van der Waals surface area (Å²) in [6, 6.07) is 5.33. The van der Waals surface area contributed by atoms with E-state index in [4.69, 9.17) is 21.1 Å². The van der Waals surface area contributed by atoms with Crippen LogP contribution in [-0.2, 0) is 11.4 Å². The maximum Gasteiger partial charge on any atom is 0.218 e. The lowest BCUT2D eigenvalue weighted by Gasteiger charge is -2.27. The van der Waals surface area contributed by atoms with Crippen LogP contribution in [-0.4, -0.2) is 28.5 Å². The molecule has 1 N–H and O–H groups in total. The van der Waals surface area contributed by atoms with Crippen LogP contribution < -0.4 is 14.2 Å². The van der Waals surface area contributed by atoms with E-state index in [2.05, 4.69) is 9.71 Å². The molecule has 0 bridgehead atoms. The SMILES string of the molecule is COc1cc2nc(OC)c([C@H](C)N[S@@+]([O-])C(C)(C)C)cc2cc1Cl. The summed E-state index contributed by atoms with van der Waals surface area (Å²) in [7, 11) is 3.13. The summed E-state index contributed by atoms with van der Waals surface area (Å²) in [6.07, 6.45) is 0. The zero-order valence-corrected chi connectivity index (χ0v) is 16.3. The number of methoxy groups -OCH3 is 2. The predicted molar refractivity (Wildman–Crippen MR) is 99.3 cm³/mol. The molecule has 5 nitrogen and oxygen atoms in total. The van der Waals surface area contributed by atoms with Gasteiger partial charge in [0.2, 0.25) is 5.88 Å². The van der Waals surface area contributed by atoms with E-state index in [0.29, 0.717) is 16.7 Å². The maximum absolute atomic E-state index is 12.4. The Morgan fingerprint density at radius 3 is 2.42 bits per heavy atom. The van der Waals surface area contributed by atoms with Crippen LogP contribution in [0.1, 0.15) is 39.3 Å². The van der Waals surface area contributed by atoms with Crippen molar-refractivity contribution in [2.45, 2.75) is 38.5 Å². The third kappa shape index (κ3) is 4.06. The second-order valence-electron chi connectivity index (χ2n) is 6.49. The fourth-order valence-electron chi connectivity index (χ4n) is 2.20. The average Bonchev–Trinajstić information content (AvgIpc) is 2.51. The number of benzene rings is 1. The van der Waals surface area contributed by atoms with Crippen molar-refractivity contribution in [3.05, 3.63) is 28.8 Å². The molecule has 0 spiro atoms. The summed E-state index contributed by atoms with van der Waals surface area (Å²) < 4.78 is 25.7. The van der Waals surface area contributed by atoms with Gasteiger partial charge in [-0.15, -0.1) is 4.72 Å². The van der Waals surface area contributed by atoms with E-state index >= 15 is 0 Å². The molecule has 0 saturated carbocycles. The van der Waals surface area contributed by atoms with E-state index < -0.39 is 11.4 Å². The molecule has 0 fully saturated rings. The third-order valence-corrected chi connectivity index (χ3v) is 5.56. The van der Waals surface area contributed by atoms with E-state index in [-0.39, 0.29) is 10.8 Å². The first kappa shape index (κ1) is 19.1. The molecule has 0 radical (unpaired) electrons. The van der Waals surface area contributed by atoms with Gasteiger partial charge in [-0.05, 0) is 39.8 Å². The normalized spacial score (nSPS) is 14.5. The molecule has 0 saturated heterocycles. The Kier molecular flexibility index (Phi) is 5.86. The Balaban J connectivity index is 2.45.